The van der Waals surface area contributed by atoms with Gasteiger partial charge >= 0.3 is 12.1 Å². The number of carbonyl (C=O) groups is 2. The summed E-state index contributed by atoms with van der Waals surface area (Å²) in [5.41, 5.74) is 1.34. The number of carbonyl (C=O) groups excluding carboxylic acids is 1. The highest BCUT2D eigenvalue weighted by molar-refractivity contribution is 5.77. The van der Waals surface area contributed by atoms with E-state index in [1.54, 1.807) is 4.90 Å². The molecule has 2 rings (SSSR count). The van der Waals surface area contributed by atoms with Crippen molar-refractivity contribution < 1.29 is 19.4 Å². The molecule has 1 aromatic rings. The fourth-order valence-electron chi connectivity index (χ4n) is 2.94. The van der Waals surface area contributed by atoms with Gasteiger partial charge in [-0.25, -0.2) is 4.79 Å². The lowest BCUT2D eigenvalue weighted by atomic mass is 9.85. The molecule has 0 spiro atoms. The minimum absolute atomic E-state index is 0.0947. The second-order valence-corrected chi connectivity index (χ2v) is 7.20. The first-order valence-electron chi connectivity index (χ1n) is 7.94. The molecule has 1 aliphatic heterocycles. The van der Waals surface area contributed by atoms with Gasteiger partial charge in [-0.05, 0) is 45.6 Å². The number of aryl methyl sites for hydroxylation is 1. The third-order valence-corrected chi connectivity index (χ3v) is 4.05. The molecule has 1 aliphatic rings. The molecule has 23 heavy (non-hydrogen) atoms. The summed E-state index contributed by atoms with van der Waals surface area (Å²) in [6, 6.07) is 7.58. The quantitative estimate of drug-likeness (QED) is 0.927. The molecule has 1 aromatic carbocycles. The van der Waals surface area contributed by atoms with Gasteiger partial charge in [0, 0.05) is 13.1 Å². The summed E-state index contributed by atoms with van der Waals surface area (Å²) in [5.74, 6) is -1.53. The van der Waals surface area contributed by atoms with Crippen LogP contribution < -0.4 is 0 Å². The topological polar surface area (TPSA) is 66.8 Å². The molecule has 2 unspecified atom stereocenters. The van der Waals surface area contributed by atoms with E-state index in [2.05, 4.69) is 0 Å². The fraction of sp³-hybridized carbons (Fsp3) is 0.556. The van der Waals surface area contributed by atoms with E-state index >= 15 is 0 Å². The molecule has 0 aromatic heterocycles. The average Bonchev–Trinajstić information content (AvgIpc) is 2.88. The molecular weight excluding hydrogens is 294 g/mol. The lowest BCUT2D eigenvalue weighted by Gasteiger charge is -2.25. The number of ether oxygens (including phenoxy) is 1. The third-order valence-electron chi connectivity index (χ3n) is 4.05. The molecule has 1 saturated heterocycles. The van der Waals surface area contributed by atoms with E-state index in [1.165, 1.54) is 0 Å². The number of aliphatic carboxylic acids is 1. The largest absolute Gasteiger partial charge is 0.481 e. The summed E-state index contributed by atoms with van der Waals surface area (Å²) < 4.78 is 5.37. The molecule has 5 heteroatoms. The zero-order valence-corrected chi connectivity index (χ0v) is 14.2. The van der Waals surface area contributed by atoms with E-state index in [9.17, 15) is 14.7 Å². The van der Waals surface area contributed by atoms with Crippen LogP contribution in [0.4, 0.5) is 4.79 Å². The molecule has 1 fully saturated rings. The Morgan fingerprint density at radius 2 is 1.87 bits per heavy atom. The molecule has 0 radical (unpaired) electrons. The third kappa shape index (κ3) is 4.47. The minimum Gasteiger partial charge on any atom is -0.481 e. The van der Waals surface area contributed by atoms with Crippen molar-refractivity contribution in [1.82, 2.24) is 4.90 Å². The van der Waals surface area contributed by atoms with Crippen LogP contribution in [0.1, 0.15) is 44.2 Å². The maximum absolute atomic E-state index is 12.1. The Hall–Kier alpha value is -2.04. The maximum Gasteiger partial charge on any atom is 0.410 e. The predicted molar refractivity (Wildman–Crippen MR) is 87.5 cm³/mol. The first-order valence-corrected chi connectivity index (χ1v) is 7.94. The molecule has 1 heterocycles. The number of hydrogen-bond acceptors (Lipinski definition) is 3. The zero-order valence-electron chi connectivity index (χ0n) is 14.2. The molecule has 0 aliphatic carbocycles. The van der Waals surface area contributed by atoms with Gasteiger partial charge in [0.1, 0.15) is 5.60 Å². The monoisotopic (exact) mass is 319 g/mol. The maximum atomic E-state index is 12.1. The highest BCUT2D eigenvalue weighted by Gasteiger charge is 2.37. The number of nitrogens with zero attached hydrogens (tertiary/aromatic N) is 1. The van der Waals surface area contributed by atoms with E-state index in [1.807, 2.05) is 52.0 Å². The van der Waals surface area contributed by atoms with Crippen molar-refractivity contribution in [2.24, 2.45) is 5.92 Å². The van der Waals surface area contributed by atoms with Crippen molar-refractivity contribution in [1.29, 1.82) is 0 Å². The van der Waals surface area contributed by atoms with Gasteiger partial charge in [-0.2, -0.15) is 0 Å². The lowest BCUT2D eigenvalue weighted by molar-refractivity contribution is -0.140. The van der Waals surface area contributed by atoms with Crippen molar-refractivity contribution >= 4 is 12.1 Å². The highest BCUT2D eigenvalue weighted by Crippen LogP contribution is 2.33. The number of benzene rings is 1. The Kier molecular flexibility index (Phi) is 4.97. The van der Waals surface area contributed by atoms with Crippen LogP contribution in [0, 0.1) is 12.8 Å². The summed E-state index contributed by atoms with van der Waals surface area (Å²) in [5, 5.41) is 9.63. The lowest BCUT2D eigenvalue weighted by Crippen LogP contribution is -2.36. The molecule has 2 atom stereocenters. The van der Waals surface area contributed by atoms with E-state index in [0.29, 0.717) is 19.5 Å². The molecule has 5 nitrogen and oxygen atoms in total. The number of hydrogen-bond donors (Lipinski definition) is 1. The number of rotatable bonds is 3. The van der Waals surface area contributed by atoms with Crippen LogP contribution in [0.15, 0.2) is 24.3 Å². The summed E-state index contributed by atoms with van der Waals surface area (Å²) in [7, 11) is 0. The highest BCUT2D eigenvalue weighted by atomic mass is 16.6. The number of carboxylic acids is 1. The standard InChI is InChI=1S/C18H25NO4/c1-12-5-7-13(8-6-12)15(16(20)21)14-9-10-19(11-14)17(22)23-18(2,3)4/h5-8,14-15H,9-11H2,1-4H3,(H,20,21). The van der Waals surface area contributed by atoms with Crippen molar-refractivity contribution in [3.63, 3.8) is 0 Å². The van der Waals surface area contributed by atoms with E-state index in [4.69, 9.17) is 4.74 Å². The van der Waals surface area contributed by atoms with Crippen LogP contribution in [0.2, 0.25) is 0 Å². The predicted octanol–water partition coefficient (Wildman–Crippen LogP) is 3.42. The van der Waals surface area contributed by atoms with E-state index in [-0.39, 0.29) is 12.0 Å². The van der Waals surface area contributed by atoms with Crippen molar-refractivity contribution in [2.45, 2.75) is 45.6 Å². The fourth-order valence-corrected chi connectivity index (χ4v) is 2.94. The van der Waals surface area contributed by atoms with Crippen LogP contribution in [0.5, 0.6) is 0 Å². The van der Waals surface area contributed by atoms with Gasteiger partial charge in [0.2, 0.25) is 0 Å². The molecule has 1 N–H and O–H groups in total. The Bertz CT molecular complexity index is 574. The molecular formula is C18H25NO4. The van der Waals surface area contributed by atoms with Crippen LogP contribution >= 0.6 is 0 Å². The van der Waals surface area contributed by atoms with Gasteiger partial charge in [0.15, 0.2) is 0 Å². The van der Waals surface area contributed by atoms with Gasteiger partial charge in [0.05, 0.1) is 5.92 Å². The van der Waals surface area contributed by atoms with Gasteiger partial charge in [-0.3, -0.25) is 4.79 Å². The van der Waals surface area contributed by atoms with Gasteiger partial charge < -0.3 is 14.7 Å². The number of carboxylic acid groups (broad SMARTS) is 1. The first kappa shape index (κ1) is 17.3. The Morgan fingerprint density at radius 1 is 1.26 bits per heavy atom. The molecule has 1 amide bonds. The summed E-state index contributed by atoms with van der Waals surface area (Å²) >= 11 is 0. The summed E-state index contributed by atoms with van der Waals surface area (Å²) in [4.78, 5) is 25.5. The normalized spacial score (nSPS) is 19.5. The van der Waals surface area contributed by atoms with E-state index < -0.39 is 17.5 Å². The molecule has 126 valence electrons. The Morgan fingerprint density at radius 3 is 2.39 bits per heavy atom. The number of likely N-dealkylation sites (tertiary alicyclic amines) is 1. The van der Waals surface area contributed by atoms with Crippen LogP contribution in [0.3, 0.4) is 0 Å². The number of amides is 1. The summed E-state index contributed by atoms with van der Waals surface area (Å²) in [6.45, 7) is 8.40. The second-order valence-electron chi connectivity index (χ2n) is 7.20. The van der Waals surface area contributed by atoms with Crippen molar-refractivity contribution in [2.75, 3.05) is 13.1 Å². The van der Waals surface area contributed by atoms with Crippen LogP contribution in [-0.4, -0.2) is 40.8 Å². The molecule has 0 bridgehead atoms. The van der Waals surface area contributed by atoms with Gasteiger partial charge in [-0.1, -0.05) is 29.8 Å². The minimum atomic E-state index is -0.843. The van der Waals surface area contributed by atoms with Crippen LogP contribution in [-0.2, 0) is 9.53 Å². The second kappa shape index (κ2) is 6.60. The Balaban J connectivity index is 2.09. The van der Waals surface area contributed by atoms with Crippen molar-refractivity contribution in [3.05, 3.63) is 35.4 Å². The molecule has 0 saturated carbocycles. The van der Waals surface area contributed by atoms with Crippen LogP contribution in [0.25, 0.3) is 0 Å². The van der Waals surface area contributed by atoms with Crippen molar-refractivity contribution in [3.8, 4) is 0 Å². The SMILES string of the molecule is Cc1ccc(C(C(=O)O)C2CCN(C(=O)OC(C)(C)C)C2)cc1. The summed E-state index contributed by atoms with van der Waals surface area (Å²) in [6.07, 6.45) is 0.303. The zero-order chi connectivity index (χ0) is 17.2. The smallest absolute Gasteiger partial charge is 0.410 e. The van der Waals surface area contributed by atoms with Gasteiger partial charge in [0.25, 0.3) is 0 Å². The Labute approximate surface area is 137 Å². The first-order chi connectivity index (χ1) is 10.7. The van der Waals surface area contributed by atoms with Gasteiger partial charge in [-0.15, -0.1) is 0 Å². The van der Waals surface area contributed by atoms with E-state index in [0.717, 1.165) is 11.1 Å². The average molecular weight is 319 g/mol.